The summed E-state index contributed by atoms with van der Waals surface area (Å²) in [6.07, 6.45) is -0.0297. The Hall–Kier alpha value is -2.48. The van der Waals surface area contributed by atoms with Crippen molar-refractivity contribution < 1.29 is 15.0 Å². The van der Waals surface area contributed by atoms with Crippen LogP contribution in [0, 0.1) is 6.92 Å². The topological polar surface area (TPSA) is 95.3 Å². The molecule has 0 saturated heterocycles. The Labute approximate surface area is 159 Å². The number of hydrogen-bond donors (Lipinski definition) is 3. The molecule has 0 radical (unpaired) electrons. The van der Waals surface area contributed by atoms with Crippen LogP contribution in [0.15, 0.2) is 36.4 Å². The van der Waals surface area contributed by atoms with E-state index in [0.717, 1.165) is 10.6 Å². The number of aromatic nitrogens is 2. The minimum atomic E-state index is -0.876. The maximum atomic E-state index is 10.8. The number of halogens is 1. The second kappa shape index (κ2) is 7.82. The highest BCUT2D eigenvalue weighted by molar-refractivity contribution is 7.19. The number of carbonyl (C=O) groups is 1. The standard InChI is InChI=1S/C18H16ClN3O3S/c1-10-13(9-23)17(22-18(20-10)14-6-7-15(19)26-14)21-12-4-2-11(3-5-12)8-16(24)25/h2-7,23H,8-9H2,1H3,(H,24,25)(H,20,21,22). The van der Waals surface area contributed by atoms with E-state index in [1.807, 2.05) is 13.0 Å². The summed E-state index contributed by atoms with van der Waals surface area (Å²) in [5.74, 6) is 0.158. The van der Waals surface area contributed by atoms with Crippen molar-refractivity contribution in [2.24, 2.45) is 0 Å². The van der Waals surface area contributed by atoms with Gasteiger partial charge in [-0.25, -0.2) is 9.97 Å². The predicted octanol–water partition coefficient (Wildman–Crippen LogP) is 4.03. The Kier molecular flexibility index (Phi) is 5.51. The first kappa shape index (κ1) is 18.3. The van der Waals surface area contributed by atoms with Crippen molar-refractivity contribution in [3.05, 3.63) is 57.6 Å². The first-order chi connectivity index (χ1) is 12.5. The molecule has 0 aliphatic heterocycles. The van der Waals surface area contributed by atoms with E-state index in [0.29, 0.717) is 32.8 Å². The predicted molar refractivity (Wildman–Crippen MR) is 102 cm³/mol. The smallest absolute Gasteiger partial charge is 0.307 e. The van der Waals surface area contributed by atoms with Crippen LogP contribution in [0.4, 0.5) is 11.5 Å². The average molecular weight is 390 g/mol. The van der Waals surface area contributed by atoms with Gasteiger partial charge < -0.3 is 15.5 Å². The number of rotatable bonds is 6. The summed E-state index contributed by atoms with van der Waals surface area (Å²) in [7, 11) is 0. The third-order valence-corrected chi connectivity index (χ3v) is 4.96. The number of nitrogens with one attached hydrogen (secondary N) is 1. The largest absolute Gasteiger partial charge is 0.481 e. The van der Waals surface area contributed by atoms with E-state index in [9.17, 15) is 9.90 Å². The van der Waals surface area contributed by atoms with E-state index in [-0.39, 0.29) is 13.0 Å². The fraction of sp³-hybridized carbons (Fsp3) is 0.167. The van der Waals surface area contributed by atoms with Crippen molar-refractivity contribution >= 4 is 40.4 Å². The van der Waals surface area contributed by atoms with Crippen LogP contribution in [-0.4, -0.2) is 26.2 Å². The van der Waals surface area contributed by atoms with Crippen molar-refractivity contribution in [2.45, 2.75) is 20.0 Å². The van der Waals surface area contributed by atoms with Crippen LogP contribution in [-0.2, 0) is 17.8 Å². The monoisotopic (exact) mass is 389 g/mol. The molecule has 0 fully saturated rings. The summed E-state index contributed by atoms with van der Waals surface area (Å²) < 4.78 is 0.649. The van der Waals surface area contributed by atoms with Crippen molar-refractivity contribution in [3.63, 3.8) is 0 Å². The van der Waals surface area contributed by atoms with Crippen molar-refractivity contribution in [1.29, 1.82) is 0 Å². The molecule has 3 rings (SSSR count). The summed E-state index contributed by atoms with van der Waals surface area (Å²) in [5, 5.41) is 21.7. The maximum absolute atomic E-state index is 10.8. The highest BCUT2D eigenvalue weighted by Gasteiger charge is 2.14. The Morgan fingerprint density at radius 3 is 2.50 bits per heavy atom. The molecule has 0 spiro atoms. The highest BCUT2D eigenvalue weighted by atomic mass is 35.5. The second-order valence-electron chi connectivity index (χ2n) is 5.61. The van der Waals surface area contributed by atoms with Crippen LogP contribution in [0.5, 0.6) is 0 Å². The molecule has 3 aromatic rings. The molecule has 8 heteroatoms. The lowest BCUT2D eigenvalue weighted by Crippen LogP contribution is -2.06. The molecule has 26 heavy (non-hydrogen) atoms. The fourth-order valence-electron chi connectivity index (χ4n) is 2.45. The lowest BCUT2D eigenvalue weighted by atomic mass is 10.1. The number of aryl methyl sites for hydroxylation is 1. The van der Waals surface area contributed by atoms with Crippen LogP contribution in [0.3, 0.4) is 0 Å². The zero-order chi connectivity index (χ0) is 18.7. The van der Waals surface area contributed by atoms with Gasteiger partial charge in [0.25, 0.3) is 0 Å². The molecule has 0 aliphatic rings. The fourth-order valence-corrected chi connectivity index (χ4v) is 3.43. The van der Waals surface area contributed by atoms with Crippen molar-refractivity contribution in [2.75, 3.05) is 5.32 Å². The van der Waals surface area contributed by atoms with Gasteiger partial charge in [0.05, 0.1) is 22.2 Å². The van der Waals surface area contributed by atoms with Gasteiger partial charge >= 0.3 is 5.97 Å². The molecule has 2 aromatic heterocycles. The van der Waals surface area contributed by atoms with Gasteiger partial charge in [-0.1, -0.05) is 23.7 Å². The minimum absolute atomic E-state index is 0.0297. The normalized spacial score (nSPS) is 10.7. The highest BCUT2D eigenvalue weighted by Crippen LogP contribution is 2.31. The van der Waals surface area contributed by atoms with Crippen LogP contribution < -0.4 is 5.32 Å². The van der Waals surface area contributed by atoms with Gasteiger partial charge in [0, 0.05) is 16.9 Å². The number of aliphatic hydroxyl groups is 1. The number of aliphatic hydroxyl groups excluding tert-OH is 1. The summed E-state index contributed by atoms with van der Waals surface area (Å²) in [4.78, 5) is 20.6. The molecule has 0 aliphatic carbocycles. The van der Waals surface area contributed by atoms with Gasteiger partial charge in [-0.15, -0.1) is 11.3 Å². The van der Waals surface area contributed by atoms with Gasteiger partial charge in [-0.3, -0.25) is 4.79 Å². The average Bonchev–Trinajstić information content (AvgIpc) is 3.02. The van der Waals surface area contributed by atoms with Crippen molar-refractivity contribution in [3.8, 4) is 10.7 Å². The number of thiophene rings is 1. The molecule has 0 saturated carbocycles. The quantitative estimate of drug-likeness (QED) is 0.589. The van der Waals surface area contributed by atoms with E-state index in [4.69, 9.17) is 16.7 Å². The number of carboxylic acids is 1. The lowest BCUT2D eigenvalue weighted by molar-refractivity contribution is -0.136. The number of aliphatic carboxylic acids is 1. The number of anilines is 2. The van der Waals surface area contributed by atoms with Gasteiger partial charge in [0.15, 0.2) is 5.82 Å². The molecule has 3 N–H and O–H groups in total. The molecule has 0 bridgehead atoms. The summed E-state index contributed by atoms with van der Waals surface area (Å²) >= 11 is 7.37. The molecule has 1 aromatic carbocycles. The zero-order valence-corrected chi connectivity index (χ0v) is 15.4. The summed E-state index contributed by atoms with van der Waals surface area (Å²) in [6.45, 7) is 1.61. The first-order valence-electron chi connectivity index (χ1n) is 7.78. The van der Waals surface area contributed by atoms with E-state index in [1.54, 1.807) is 30.3 Å². The van der Waals surface area contributed by atoms with E-state index in [1.165, 1.54) is 11.3 Å². The van der Waals surface area contributed by atoms with E-state index in [2.05, 4.69) is 15.3 Å². The van der Waals surface area contributed by atoms with E-state index < -0.39 is 5.97 Å². The molecule has 6 nitrogen and oxygen atoms in total. The molecule has 0 atom stereocenters. The van der Waals surface area contributed by atoms with Gasteiger partial charge in [0.2, 0.25) is 0 Å². The van der Waals surface area contributed by atoms with Crippen LogP contribution >= 0.6 is 22.9 Å². The van der Waals surface area contributed by atoms with Crippen LogP contribution in [0.25, 0.3) is 10.7 Å². The Morgan fingerprint density at radius 2 is 1.92 bits per heavy atom. The number of nitrogens with zero attached hydrogens (tertiary/aromatic N) is 2. The second-order valence-corrected chi connectivity index (χ2v) is 7.33. The first-order valence-corrected chi connectivity index (χ1v) is 8.97. The van der Waals surface area contributed by atoms with Crippen LogP contribution in [0.1, 0.15) is 16.8 Å². The Balaban J connectivity index is 1.92. The Morgan fingerprint density at radius 1 is 1.19 bits per heavy atom. The molecule has 0 unspecified atom stereocenters. The van der Waals surface area contributed by atoms with Gasteiger partial charge in [-0.05, 0) is 36.8 Å². The maximum Gasteiger partial charge on any atom is 0.307 e. The summed E-state index contributed by atoms with van der Waals surface area (Å²) in [5.41, 5.74) is 2.72. The third-order valence-electron chi connectivity index (χ3n) is 3.74. The molecule has 2 heterocycles. The van der Waals surface area contributed by atoms with Crippen LogP contribution in [0.2, 0.25) is 4.34 Å². The molecular formula is C18H16ClN3O3S. The van der Waals surface area contributed by atoms with Crippen molar-refractivity contribution in [1.82, 2.24) is 9.97 Å². The van der Waals surface area contributed by atoms with E-state index >= 15 is 0 Å². The minimum Gasteiger partial charge on any atom is -0.481 e. The lowest BCUT2D eigenvalue weighted by Gasteiger charge is -2.13. The van der Waals surface area contributed by atoms with Gasteiger partial charge in [-0.2, -0.15) is 0 Å². The number of hydrogen-bond acceptors (Lipinski definition) is 6. The summed E-state index contributed by atoms with van der Waals surface area (Å²) in [6, 6.07) is 10.7. The SMILES string of the molecule is Cc1nc(-c2ccc(Cl)s2)nc(Nc2ccc(CC(=O)O)cc2)c1CO. The molecule has 0 amide bonds. The third kappa shape index (κ3) is 4.19. The number of carboxylic acid groups (broad SMARTS) is 1. The Bertz CT molecular complexity index is 941. The zero-order valence-electron chi connectivity index (χ0n) is 13.9. The molecular weight excluding hydrogens is 374 g/mol. The number of benzene rings is 1. The molecule has 134 valence electrons. The van der Waals surface area contributed by atoms with Gasteiger partial charge in [0.1, 0.15) is 5.82 Å².